The molecule has 1 rings (SSSR count). The van der Waals surface area contributed by atoms with Crippen LogP contribution in [0.1, 0.15) is 41.0 Å². The molecule has 0 aromatic heterocycles. The van der Waals surface area contributed by atoms with Crippen LogP contribution < -0.4 is 0 Å². The molecule has 11 heavy (non-hydrogen) atoms. The van der Waals surface area contributed by atoms with E-state index in [0.29, 0.717) is 5.92 Å². The van der Waals surface area contributed by atoms with E-state index in [-0.39, 0.29) is 0 Å². The molecule has 0 heteroatoms. The Morgan fingerprint density at radius 1 is 1.09 bits per heavy atom. The van der Waals surface area contributed by atoms with E-state index >= 15 is 0 Å². The highest BCUT2D eigenvalue weighted by molar-refractivity contribution is 5.46. The summed E-state index contributed by atoms with van der Waals surface area (Å²) in [5, 5.41) is 0. The van der Waals surface area contributed by atoms with E-state index in [9.17, 15) is 0 Å². The van der Waals surface area contributed by atoms with Crippen molar-refractivity contribution in [2.45, 2.75) is 41.0 Å². The molecule has 0 aromatic carbocycles. The fraction of sp³-hybridized carbons (Fsp3) is 0.636. The molecule has 0 saturated carbocycles. The molecule has 1 unspecified atom stereocenters. The first kappa shape index (κ1) is 8.58. The van der Waals surface area contributed by atoms with Gasteiger partial charge in [-0.25, -0.2) is 0 Å². The zero-order valence-corrected chi connectivity index (χ0v) is 8.28. The third-order valence-corrected chi connectivity index (χ3v) is 3.19. The molecule has 1 aliphatic rings. The van der Waals surface area contributed by atoms with Crippen molar-refractivity contribution in [1.82, 2.24) is 0 Å². The minimum Gasteiger partial charge on any atom is -0.0632 e. The van der Waals surface area contributed by atoms with E-state index in [1.54, 1.807) is 11.1 Å². The lowest BCUT2D eigenvalue weighted by molar-refractivity contribution is 0.773. The van der Waals surface area contributed by atoms with Crippen molar-refractivity contribution in [3.8, 4) is 0 Å². The zero-order valence-electron chi connectivity index (χ0n) is 8.28. The van der Waals surface area contributed by atoms with Gasteiger partial charge in [-0.15, -0.1) is 0 Å². The Labute approximate surface area is 70.0 Å². The first-order valence-corrected chi connectivity index (χ1v) is 4.47. The van der Waals surface area contributed by atoms with Gasteiger partial charge < -0.3 is 0 Å². The summed E-state index contributed by atoms with van der Waals surface area (Å²) in [5.74, 6) is 0.708. The molecule has 62 valence electrons. The summed E-state index contributed by atoms with van der Waals surface area (Å²) in [5.41, 5.74) is 6.27. The largest absolute Gasteiger partial charge is 0.0632 e. The molecule has 0 nitrogen and oxygen atoms in total. The van der Waals surface area contributed by atoms with Crippen molar-refractivity contribution >= 4 is 0 Å². The average Bonchev–Trinajstić information content (AvgIpc) is 2.17. The van der Waals surface area contributed by atoms with E-state index in [1.165, 1.54) is 17.6 Å². The standard InChI is InChI=1S/C11H18/c1-6-11-9(4)7(2)8(3)10(11)5/h9H,6H2,1-5H3. The molecule has 0 heterocycles. The molecule has 0 N–H and O–H groups in total. The minimum absolute atomic E-state index is 0.708. The van der Waals surface area contributed by atoms with Crippen molar-refractivity contribution in [2.75, 3.05) is 0 Å². The quantitative estimate of drug-likeness (QED) is 0.534. The third-order valence-electron chi connectivity index (χ3n) is 3.19. The van der Waals surface area contributed by atoms with E-state index < -0.39 is 0 Å². The fourth-order valence-electron chi connectivity index (χ4n) is 2.02. The average molecular weight is 150 g/mol. The van der Waals surface area contributed by atoms with Crippen LogP contribution in [0.4, 0.5) is 0 Å². The fourth-order valence-corrected chi connectivity index (χ4v) is 2.02. The SMILES string of the molecule is CCC1=C(C)C(C)=C(C)C1C. The summed E-state index contributed by atoms with van der Waals surface area (Å²) in [4.78, 5) is 0. The Morgan fingerprint density at radius 3 is 1.82 bits per heavy atom. The van der Waals surface area contributed by atoms with E-state index in [2.05, 4.69) is 34.6 Å². The van der Waals surface area contributed by atoms with Crippen LogP contribution in [0.5, 0.6) is 0 Å². The van der Waals surface area contributed by atoms with Crippen LogP contribution in [0.15, 0.2) is 22.3 Å². The highest BCUT2D eigenvalue weighted by Gasteiger charge is 2.21. The maximum Gasteiger partial charge on any atom is -0.00127 e. The van der Waals surface area contributed by atoms with Gasteiger partial charge in [-0.05, 0) is 44.3 Å². The van der Waals surface area contributed by atoms with Gasteiger partial charge >= 0.3 is 0 Å². The monoisotopic (exact) mass is 150 g/mol. The highest BCUT2D eigenvalue weighted by Crippen LogP contribution is 2.37. The molecule has 0 aliphatic heterocycles. The summed E-state index contributed by atoms with van der Waals surface area (Å²) in [7, 11) is 0. The molecule has 0 amide bonds. The van der Waals surface area contributed by atoms with Gasteiger partial charge in [0.15, 0.2) is 0 Å². The molecule has 0 saturated heterocycles. The number of hydrogen-bond donors (Lipinski definition) is 0. The van der Waals surface area contributed by atoms with Crippen molar-refractivity contribution in [1.29, 1.82) is 0 Å². The number of allylic oxidation sites excluding steroid dienone is 4. The third kappa shape index (κ3) is 1.15. The summed E-state index contributed by atoms with van der Waals surface area (Å²) in [6, 6.07) is 0. The molecule has 1 atom stereocenters. The van der Waals surface area contributed by atoms with Crippen LogP contribution in [0.2, 0.25) is 0 Å². The summed E-state index contributed by atoms with van der Waals surface area (Å²) < 4.78 is 0. The first-order chi connectivity index (χ1) is 5.09. The molecule has 0 radical (unpaired) electrons. The Kier molecular flexibility index (Phi) is 2.22. The van der Waals surface area contributed by atoms with Gasteiger partial charge in [0.1, 0.15) is 0 Å². The van der Waals surface area contributed by atoms with E-state index in [0.717, 1.165) is 0 Å². The smallest absolute Gasteiger partial charge is 0.00127 e. The molecule has 0 spiro atoms. The van der Waals surface area contributed by atoms with Crippen LogP contribution in [0, 0.1) is 5.92 Å². The normalized spacial score (nSPS) is 25.4. The topological polar surface area (TPSA) is 0 Å². The molecule has 0 aromatic rings. The summed E-state index contributed by atoms with van der Waals surface area (Å²) in [6.07, 6.45) is 1.21. The van der Waals surface area contributed by atoms with Crippen LogP contribution in [0.3, 0.4) is 0 Å². The molecule has 1 aliphatic carbocycles. The Bertz CT molecular complexity index is 228. The van der Waals surface area contributed by atoms with Crippen LogP contribution in [0.25, 0.3) is 0 Å². The lowest BCUT2D eigenvalue weighted by atomic mass is 9.96. The van der Waals surface area contributed by atoms with Crippen molar-refractivity contribution < 1.29 is 0 Å². The molecular weight excluding hydrogens is 132 g/mol. The van der Waals surface area contributed by atoms with Crippen molar-refractivity contribution in [2.24, 2.45) is 5.92 Å². The highest BCUT2D eigenvalue weighted by atomic mass is 14.3. The summed E-state index contributed by atoms with van der Waals surface area (Å²) >= 11 is 0. The number of rotatable bonds is 1. The van der Waals surface area contributed by atoms with Gasteiger partial charge in [0, 0.05) is 0 Å². The predicted molar refractivity (Wildman–Crippen MR) is 50.5 cm³/mol. The lowest BCUT2D eigenvalue weighted by Gasteiger charge is -2.09. The second-order valence-electron chi connectivity index (χ2n) is 3.53. The van der Waals surface area contributed by atoms with E-state index in [4.69, 9.17) is 0 Å². The minimum atomic E-state index is 0.708. The lowest BCUT2D eigenvalue weighted by Crippen LogP contribution is -1.95. The second-order valence-corrected chi connectivity index (χ2v) is 3.53. The molecular formula is C11H18. The van der Waals surface area contributed by atoms with Gasteiger partial charge in [0.25, 0.3) is 0 Å². The van der Waals surface area contributed by atoms with Crippen molar-refractivity contribution in [3.05, 3.63) is 22.3 Å². The first-order valence-electron chi connectivity index (χ1n) is 4.47. The van der Waals surface area contributed by atoms with Crippen molar-refractivity contribution in [3.63, 3.8) is 0 Å². The van der Waals surface area contributed by atoms with E-state index in [1.807, 2.05) is 0 Å². The van der Waals surface area contributed by atoms with Crippen LogP contribution >= 0.6 is 0 Å². The molecule has 0 fully saturated rings. The predicted octanol–water partition coefficient (Wildman–Crippen LogP) is 3.70. The van der Waals surface area contributed by atoms with Gasteiger partial charge in [-0.3, -0.25) is 0 Å². The van der Waals surface area contributed by atoms with Crippen LogP contribution in [-0.4, -0.2) is 0 Å². The zero-order chi connectivity index (χ0) is 8.59. The number of hydrogen-bond acceptors (Lipinski definition) is 0. The van der Waals surface area contributed by atoms with Crippen LogP contribution in [-0.2, 0) is 0 Å². The Balaban J connectivity index is 3.04. The second kappa shape index (κ2) is 2.84. The maximum atomic E-state index is 2.31. The molecule has 0 bridgehead atoms. The summed E-state index contributed by atoms with van der Waals surface area (Å²) in [6.45, 7) is 11.3. The maximum absolute atomic E-state index is 2.31. The van der Waals surface area contributed by atoms with Gasteiger partial charge in [0.05, 0.1) is 0 Å². The Morgan fingerprint density at radius 2 is 1.64 bits per heavy atom. The van der Waals surface area contributed by atoms with Gasteiger partial charge in [0.2, 0.25) is 0 Å². The van der Waals surface area contributed by atoms with Gasteiger partial charge in [-0.1, -0.05) is 25.0 Å². The van der Waals surface area contributed by atoms with Gasteiger partial charge in [-0.2, -0.15) is 0 Å². The Hall–Kier alpha value is -0.520.